The van der Waals surface area contributed by atoms with Crippen LogP contribution < -0.4 is 11.5 Å². The molecule has 3 saturated heterocycles. The molecule has 19 nitrogen and oxygen atoms in total. The summed E-state index contributed by atoms with van der Waals surface area (Å²) >= 11 is 5.22. The van der Waals surface area contributed by atoms with Gasteiger partial charge < -0.3 is 40.0 Å². The molecule has 0 saturated carbocycles. The van der Waals surface area contributed by atoms with Crippen LogP contribution in [0.25, 0.3) is 22.3 Å². The molecule has 23 heteroatoms. The number of hydrogen-bond acceptors (Lipinski definition) is 17. The molecule has 0 radical (unpaired) electrons. The minimum Gasteiger partial charge on any atom is -0.386 e. The van der Waals surface area contributed by atoms with Gasteiger partial charge in [-0.2, -0.15) is 0 Å². The van der Waals surface area contributed by atoms with Gasteiger partial charge in [-0.15, -0.1) is 0 Å². The van der Waals surface area contributed by atoms with Crippen LogP contribution in [-0.4, -0.2) is 106 Å². The third-order valence-corrected chi connectivity index (χ3v) is 10.1. The maximum absolute atomic E-state index is 16.0. The molecule has 0 aromatic carbocycles. The molecule has 0 aliphatic carbocycles. The molecular formula is C21H25FN10O9P2S. The summed E-state index contributed by atoms with van der Waals surface area (Å²) < 4.78 is 66.6. The lowest BCUT2D eigenvalue weighted by molar-refractivity contribution is -0.0580. The van der Waals surface area contributed by atoms with Crippen molar-refractivity contribution in [1.29, 1.82) is 0 Å². The molecular weight excluding hydrogens is 649 g/mol. The molecule has 0 spiro atoms. The van der Waals surface area contributed by atoms with Crippen LogP contribution in [0.3, 0.4) is 0 Å². The zero-order valence-electron chi connectivity index (χ0n) is 22.5. The van der Waals surface area contributed by atoms with E-state index in [1.807, 2.05) is 0 Å². The molecule has 10 atom stereocenters. The number of aliphatic hydroxyl groups excluding tert-OH is 1. The smallest absolute Gasteiger partial charge is 0.328 e. The normalized spacial score (nSPS) is 38.3. The number of hydrogen-bond donors (Lipinski definition) is 4. The lowest BCUT2D eigenvalue weighted by Gasteiger charge is -2.29. The lowest BCUT2D eigenvalue weighted by Crippen LogP contribution is -2.38. The van der Waals surface area contributed by atoms with E-state index in [0.717, 1.165) is 6.66 Å². The van der Waals surface area contributed by atoms with Crippen molar-refractivity contribution in [3.8, 4) is 0 Å². The first-order valence-corrected chi connectivity index (χ1v) is 17.6. The Balaban J connectivity index is 1.17. The molecule has 4 aromatic heterocycles. The highest BCUT2D eigenvalue weighted by molar-refractivity contribution is 8.07. The first-order chi connectivity index (χ1) is 20.9. The Kier molecular flexibility index (Phi) is 7.41. The van der Waals surface area contributed by atoms with Crippen molar-refractivity contribution in [3.63, 3.8) is 0 Å². The summed E-state index contributed by atoms with van der Waals surface area (Å²) in [5, 5.41) is 11.3. The zero-order valence-corrected chi connectivity index (χ0v) is 25.1. The summed E-state index contributed by atoms with van der Waals surface area (Å²) in [5.41, 5.74) is 12.6. The number of aliphatic hydroxyl groups is 1. The summed E-state index contributed by atoms with van der Waals surface area (Å²) in [6.45, 7) is -4.02. The third kappa shape index (κ3) is 5.17. The summed E-state index contributed by atoms with van der Waals surface area (Å²) in [4.78, 5) is 35.3. The number of fused-ring (bicyclic) bond motifs is 4. The highest BCUT2D eigenvalue weighted by atomic mass is 32.5. The molecule has 1 unspecified atom stereocenters. The van der Waals surface area contributed by atoms with E-state index >= 15 is 4.39 Å². The summed E-state index contributed by atoms with van der Waals surface area (Å²) in [6.07, 6.45) is -6.23. The van der Waals surface area contributed by atoms with E-state index in [4.69, 9.17) is 50.8 Å². The topological polar surface area (TPSA) is 252 Å². The molecule has 7 rings (SSSR count). The molecule has 0 bridgehead atoms. The average Bonchev–Trinajstić information content (AvgIpc) is 3.73. The van der Waals surface area contributed by atoms with Crippen molar-refractivity contribution in [2.75, 3.05) is 31.3 Å². The van der Waals surface area contributed by atoms with E-state index in [2.05, 4.69) is 29.9 Å². The first-order valence-electron chi connectivity index (χ1n) is 13.0. The molecule has 3 aliphatic rings. The van der Waals surface area contributed by atoms with Crippen LogP contribution >= 0.6 is 14.3 Å². The number of ether oxygens (including phenoxy) is 2. The number of halogens is 1. The third-order valence-electron chi connectivity index (χ3n) is 7.34. The molecule has 0 amide bonds. The zero-order chi connectivity index (χ0) is 31.0. The fourth-order valence-electron chi connectivity index (χ4n) is 5.32. The first kappa shape index (κ1) is 29.9. The van der Waals surface area contributed by atoms with Crippen LogP contribution in [-0.2, 0) is 43.9 Å². The van der Waals surface area contributed by atoms with Crippen molar-refractivity contribution >= 4 is 60.1 Å². The van der Waals surface area contributed by atoms with E-state index < -0.39 is 76.7 Å². The summed E-state index contributed by atoms with van der Waals surface area (Å²) in [7, 11) is -4.03. The van der Waals surface area contributed by atoms with E-state index in [0.29, 0.717) is 0 Å². The molecule has 3 aliphatic heterocycles. The van der Waals surface area contributed by atoms with Gasteiger partial charge in [0.15, 0.2) is 41.6 Å². The van der Waals surface area contributed by atoms with Gasteiger partial charge in [-0.05, 0) is 11.8 Å². The van der Waals surface area contributed by atoms with Gasteiger partial charge in [-0.1, -0.05) is 0 Å². The van der Waals surface area contributed by atoms with Crippen LogP contribution in [0, 0.1) is 0 Å². The average molecular weight is 675 g/mol. The second-order valence-corrected chi connectivity index (χ2v) is 15.0. The molecule has 44 heavy (non-hydrogen) atoms. The van der Waals surface area contributed by atoms with Gasteiger partial charge in [-0.3, -0.25) is 22.7 Å². The highest BCUT2D eigenvalue weighted by Crippen LogP contribution is 2.54. The van der Waals surface area contributed by atoms with Crippen LogP contribution in [0.1, 0.15) is 12.5 Å². The van der Waals surface area contributed by atoms with Gasteiger partial charge in [-0.25, -0.2) is 34.3 Å². The molecule has 4 aromatic rings. The Morgan fingerprint density at radius 3 is 2.07 bits per heavy atom. The number of alkyl halides is 1. The SMILES string of the molecule is C[P@]1(=O)OC[C@H]2O[C@@H](n3cnc4c(N)ncnc43)[C@H](O)[C@@H]2OP(O)(=S)OC[C@H]2O[C@@H](n3cnc4c(N)ncnc43)[C@H](F)[C@@H]2O1. The Morgan fingerprint density at radius 2 is 1.43 bits per heavy atom. The van der Waals surface area contributed by atoms with E-state index in [-0.39, 0.29) is 34.0 Å². The Labute approximate surface area is 251 Å². The minimum atomic E-state index is -4.15. The predicted octanol–water partition coefficient (Wildman–Crippen LogP) is 0.181. The van der Waals surface area contributed by atoms with Crippen LogP contribution in [0.2, 0.25) is 0 Å². The van der Waals surface area contributed by atoms with Crippen molar-refractivity contribution in [2.24, 2.45) is 0 Å². The van der Waals surface area contributed by atoms with Gasteiger partial charge in [0.2, 0.25) is 0 Å². The van der Waals surface area contributed by atoms with Gasteiger partial charge >= 0.3 is 14.3 Å². The van der Waals surface area contributed by atoms with Crippen molar-refractivity contribution in [3.05, 3.63) is 25.3 Å². The van der Waals surface area contributed by atoms with Gasteiger partial charge in [0.05, 0.1) is 25.9 Å². The van der Waals surface area contributed by atoms with Crippen molar-refractivity contribution < 1.29 is 46.5 Å². The second kappa shape index (κ2) is 10.9. The van der Waals surface area contributed by atoms with Crippen LogP contribution in [0.5, 0.6) is 0 Å². The van der Waals surface area contributed by atoms with Crippen molar-refractivity contribution in [1.82, 2.24) is 39.0 Å². The number of rotatable bonds is 2. The molecule has 236 valence electrons. The Bertz CT molecular complexity index is 1700. The molecule has 3 fully saturated rings. The quantitative estimate of drug-likeness (QED) is 0.207. The van der Waals surface area contributed by atoms with E-state index in [1.54, 1.807) is 0 Å². The number of imidazole rings is 2. The number of anilines is 2. The molecule has 6 N–H and O–H groups in total. The van der Waals surface area contributed by atoms with Crippen molar-refractivity contribution in [2.45, 2.75) is 49.1 Å². The predicted molar refractivity (Wildman–Crippen MR) is 150 cm³/mol. The maximum Gasteiger partial charge on any atom is 0.328 e. The minimum absolute atomic E-state index is 0.0774. The van der Waals surface area contributed by atoms with Gasteiger partial charge in [0.25, 0.3) is 0 Å². The summed E-state index contributed by atoms with van der Waals surface area (Å²) in [5.74, 6) is 0.184. The summed E-state index contributed by atoms with van der Waals surface area (Å²) in [6, 6.07) is 0. The standard InChI is InChI=1S/C21H25FN10O9P2S/c1-42(34)36-2-9-15(13(33)21(39-9)32-7-30-12-17(24)26-5-28-19(12)32)41-43(35,44)37-3-8-14(40-42)10(22)20(38-8)31-6-29-11-16(23)25-4-27-18(11)31/h4-10,13-15,20-21,33H,2-3H2,1H3,(H,35,44)(H2,23,25,27)(H2,24,26,28)/t8-,9-,10-,13-,14-,15-,20-,21-,42+,43?/m1/s1. The highest BCUT2D eigenvalue weighted by Gasteiger charge is 2.53. The largest absolute Gasteiger partial charge is 0.386 e. The lowest BCUT2D eigenvalue weighted by atomic mass is 10.1. The van der Waals surface area contributed by atoms with E-state index in [1.165, 1.54) is 34.4 Å². The van der Waals surface area contributed by atoms with E-state index in [9.17, 15) is 14.6 Å². The number of nitrogens with two attached hydrogens (primary N) is 2. The van der Waals surface area contributed by atoms with Crippen LogP contribution in [0.4, 0.5) is 16.0 Å². The van der Waals surface area contributed by atoms with Crippen LogP contribution in [0.15, 0.2) is 25.3 Å². The number of nitrogens with zero attached hydrogens (tertiary/aromatic N) is 8. The Hall–Kier alpha value is -2.81. The fourth-order valence-corrected chi connectivity index (χ4v) is 7.93. The monoisotopic (exact) mass is 674 g/mol. The van der Waals surface area contributed by atoms with Gasteiger partial charge in [0.1, 0.15) is 54.2 Å². The number of nitrogen functional groups attached to an aromatic ring is 2. The molecule has 7 heterocycles. The number of aromatic nitrogens is 8. The van der Waals surface area contributed by atoms with Gasteiger partial charge in [0, 0.05) is 6.66 Å². The Morgan fingerprint density at radius 1 is 0.886 bits per heavy atom. The fraction of sp³-hybridized carbons (Fsp3) is 0.524. The maximum atomic E-state index is 16.0. The second-order valence-electron chi connectivity index (χ2n) is 10.2.